The zero-order chi connectivity index (χ0) is 12.8. The van der Waals surface area contributed by atoms with Gasteiger partial charge >= 0.3 is 0 Å². The number of carbonyl (C=O) groups excluding carboxylic acids is 1. The van der Waals surface area contributed by atoms with E-state index in [1.54, 1.807) is 0 Å². The van der Waals surface area contributed by atoms with Crippen molar-refractivity contribution in [1.29, 1.82) is 0 Å². The first-order chi connectivity index (χ1) is 8.02. The Morgan fingerprint density at radius 2 is 2.18 bits per heavy atom. The number of nitrogens with two attached hydrogens (primary N) is 1. The molecular formula is C10H11F2N3O2. The number of hydrogen-bond donors (Lipinski definition) is 3. The summed E-state index contributed by atoms with van der Waals surface area (Å²) in [7, 11) is 0. The largest absolute Gasteiger partial charge is 0.409 e. The molecule has 0 unspecified atom stereocenters. The van der Waals surface area contributed by atoms with Gasteiger partial charge in [-0.3, -0.25) is 4.79 Å². The van der Waals surface area contributed by atoms with Crippen LogP contribution in [0.4, 0.5) is 8.78 Å². The third-order valence-electron chi connectivity index (χ3n) is 1.96. The van der Waals surface area contributed by atoms with Gasteiger partial charge < -0.3 is 16.3 Å². The van der Waals surface area contributed by atoms with Crippen LogP contribution in [0.3, 0.4) is 0 Å². The molecule has 92 valence electrons. The standard InChI is InChI=1S/C10H11F2N3O2/c11-7-2-1-6(8(12)4-7)3-10(16)14-5-9(13)15-17/h1-2,4,17H,3,5H2,(H2,13,15)(H,14,16). The van der Waals surface area contributed by atoms with Gasteiger partial charge in [-0.1, -0.05) is 11.2 Å². The van der Waals surface area contributed by atoms with Gasteiger partial charge in [-0.2, -0.15) is 0 Å². The molecule has 7 heteroatoms. The van der Waals surface area contributed by atoms with Crippen LogP contribution in [-0.2, 0) is 11.2 Å². The van der Waals surface area contributed by atoms with E-state index in [2.05, 4.69) is 10.5 Å². The fourth-order valence-electron chi connectivity index (χ4n) is 1.13. The molecule has 5 nitrogen and oxygen atoms in total. The summed E-state index contributed by atoms with van der Waals surface area (Å²) in [6, 6.07) is 2.95. The zero-order valence-electron chi connectivity index (χ0n) is 8.78. The van der Waals surface area contributed by atoms with Crippen molar-refractivity contribution in [3.05, 3.63) is 35.4 Å². The van der Waals surface area contributed by atoms with Crippen molar-refractivity contribution in [3.63, 3.8) is 0 Å². The number of amides is 1. The van der Waals surface area contributed by atoms with Gasteiger partial charge in [0.25, 0.3) is 0 Å². The number of hydrogen-bond acceptors (Lipinski definition) is 3. The summed E-state index contributed by atoms with van der Waals surface area (Å²) < 4.78 is 25.8. The summed E-state index contributed by atoms with van der Waals surface area (Å²) in [5.74, 6) is -2.17. The molecular weight excluding hydrogens is 232 g/mol. The average Bonchev–Trinajstić information content (AvgIpc) is 2.29. The van der Waals surface area contributed by atoms with Gasteiger partial charge in [-0.25, -0.2) is 8.78 Å². The SMILES string of the molecule is NC(CNC(=O)Cc1ccc(F)cc1F)=NO. The molecule has 0 aliphatic rings. The highest BCUT2D eigenvalue weighted by Gasteiger charge is 2.09. The van der Waals surface area contributed by atoms with E-state index >= 15 is 0 Å². The Morgan fingerprint density at radius 3 is 2.76 bits per heavy atom. The van der Waals surface area contributed by atoms with E-state index in [1.165, 1.54) is 6.07 Å². The molecule has 1 rings (SSSR count). The number of oxime groups is 1. The molecule has 0 aromatic heterocycles. The summed E-state index contributed by atoms with van der Waals surface area (Å²) in [5, 5.41) is 13.2. The fourth-order valence-corrected chi connectivity index (χ4v) is 1.13. The minimum Gasteiger partial charge on any atom is -0.409 e. The topological polar surface area (TPSA) is 87.7 Å². The highest BCUT2D eigenvalue weighted by atomic mass is 19.1. The van der Waals surface area contributed by atoms with Gasteiger partial charge in [-0.15, -0.1) is 0 Å². The molecule has 0 spiro atoms. The normalized spacial score (nSPS) is 11.3. The first kappa shape index (κ1) is 12.9. The van der Waals surface area contributed by atoms with Crippen molar-refractivity contribution in [2.75, 3.05) is 6.54 Å². The summed E-state index contributed by atoms with van der Waals surface area (Å²) in [6.45, 7) is -0.141. The van der Waals surface area contributed by atoms with Crippen molar-refractivity contribution in [2.45, 2.75) is 6.42 Å². The number of halogens is 2. The third-order valence-corrected chi connectivity index (χ3v) is 1.96. The van der Waals surface area contributed by atoms with E-state index in [9.17, 15) is 13.6 Å². The number of rotatable bonds is 4. The highest BCUT2D eigenvalue weighted by Crippen LogP contribution is 2.09. The molecule has 0 atom stereocenters. The first-order valence-corrected chi connectivity index (χ1v) is 4.70. The second-order valence-corrected chi connectivity index (χ2v) is 3.28. The lowest BCUT2D eigenvalue weighted by Gasteiger charge is -2.05. The number of nitrogens with one attached hydrogen (secondary N) is 1. The van der Waals surface area contributed by atoms with Crippen LogP contribution in [0.15, 0.2) is 23.4 Å². The molecule has 0 radical (unpaired) electrons. The van der Waals surface area contributed by atoms with Crippen LogP contribution in [0.1, 0.15) is 5.56 Å². The molecule has 17 heavy (non-hydrogen) atoms. The summed E-state index contributed by atoms with van der Waals surface area (Å²) >= 11 is 0. The van der Waals surface area contributed by atoms with Crippen LogP contribution < -0.4 is 11.1 Å². The zero-order valence-corrected chi connectivity index (χ0v) is 8.78. The van der Waals surface area contributed by atoms with Gasteiger partial charge in [-0.05, 0) is 11.6 Å². The molecule has 0 aliphatic carbocycles. The smallest absolute Gasteiger partial charge is 0.224 e. The maximum Gasteiger partial charge on any atom is 0.224 e. The minimum atomic E-state index is -0.788. The van der Waals surface area contributed by atoms with E-state index in [0.717, 1.165) is 6.07 Å². The average molecular weight is 243 g/mol. The van der Waals surface area contributed by atoms with Crippen molar-refractivity contribution >= 4 is 11.7 Å². The fraction of sp³-hybridized carbons (Fsp3) is 0.200. The quantitative estimate of drug-likeness (QED) is 0.309. The molecule has 0 aliphatic heterocycles. The van der Waals surface area contributed by atoms with Crippen molar-refractivity contribution in [3.8, 4) is 0 Å². The number of amidine groups is 1. The lowest BCUT2D eigenvalue weighted by atomic mass is 10.1. The van der Waals surface area contributed by atoms with Crippen LogP contribution in [-0.4, -0.2) is 23.5 Å². The maximum absolute atomic E-state index is 13.2. The Hall–Kier alpha value is -2.18. The van der Waals surface area contributed by atoms with Crippen LogP contribution in [0.5, 0.6) is 0 Å². The van der Waals surface area contributed by atoms with Crippen LogP contribution in [0.2, 0.25) is 0 Å². The molecule has 0 heterocycles. The lowest BCUT2D eigenvalue weighted by molar-refractivity contribution is -0.120. The molecule has 0 saturated heterocycles. The third kappa shape index (κ3) is 4.06. The molecule has 4 N–H and O–H groups in total. The maximum atomic E-state index is 13.2. The monoisotopic (exact) mass is 243 g/mol. The number of carbonyl (C=O) groups is 1. The van der Waals surface area contributed by atoms with Gasteiger partial charge in [0, 0.05) is 6.07 Å². The Balaban J connectivity index is 2.56. The van der Waals surface area contributed by atoms with Crippen molar-refractivity contribution in [2.24, 2.45) is 10.9 Å². The molecule has 1 aromatic carbocycles. The second-order valence-electron chi connectivity index (χ2n) is 3.28. The number of nitrogens with zero attached hydrogens (tertiary/aromatic N) is 1. The van der Waals surface area contributed by atoms with Gasteiger partial charge in [0.2, 0.25) is 5.91 Å². The van der Waals surface area contributed by atoms with E-state index in [0.29, 0.717) is 6.07 Å². The van der Waals surface area contributed by atoms with Gasteiger partial charge in [0.1, 0.15) is 11.6 Å². The van der Waals surface area contributed by atoms with E-state index < -0.39 is 17.5 Å². The Bertz CT molecular complexity index is 449. The summed E-state index contributed by atoms with van der Waals surface area (Å²) in [4.78, 5) is 11.3. The van der Waals surface area contributed by atoms with E-state index in [-0.39, 0.29) is 24.4 Å². The molecule has 1 amide bonds. The van der Waals surface area contributed by atoms with E-state index in [1.807, 2.05) is 0 Å². The minimum absolute atomic E-state index is 0.0726. The van der Waals surface area contributed by atoms with Crippen molar-refractivity contribution < 1.29 is 18.8 Å². The predicted molar refractivity (Wildman–Crippen MR) is 56.5 cm³/mol. The first-order valence-electron chi connectivity index (χ1n) is 4.70. The summed E-state index contributed by atoms with van der Waals surface area (Å²) in [5.41, 5.74) is 5.20. The Kier molecular flexibility index (Phi) is 4.38. The van der Waals surface area contributed by atoms with Crippen LogP contribution in [0.25, 0.3) is 0 Å². The Labute approximate surface area is 95.9 Å². The highest BCUT2D eigenvalue weighted by molar-refractivity contribution is 5.87. The van der Waals surface area contributed by atoms with Gasteiger partial charge in [0.05, 0.1) is 13.0 Å². The second kappa shape index (κ2) is 5.78. The molecule has 0 bridgehead atoms. The molecule has 0 fully saturated rings. The van der Waals surface area contributed by atoms with Gasteiger partial charge in [0.15, 0.2) is 5.84 Å². The summed E-state index contributed by atoms with van der Waals surface area (Å²) in [6.07, 6.45) is -0.245. The number of benzene rings is 1. The molecule has 1 aromatic rings. The van der Waals surface area contributed by atoms with Crippen molar-refractivity contribution in [1.82, 2.24) is 5.32 Å². The Morgan fingerprint density at radius 1 is 1.47 bits per heavy atom. The molecule has 0 saturated carbocycles. The van der Waals surface area contributed by atoms with Crippen LogP contribution >= 0.6 is 0 Å². The predicted octanol–water partition coefficient (Wildman–Crippen LogP) is 0.370. The van der Waals surface area contributed by atoms with Crippen LogP contribution in [0, 0.1) is 11.6 Å². The lowest BCUT2D eigenvalue weighted by Crippen LogP contribution is -2.34. The van der Waals surface area contributed by atoms with E-state index in [4.69, 9.17) is 10.9 Å².